The van der Waals surface area contributed by atoms with Gasteiger partial charge in [0.05, 0.1) is 24.7 Å². The predicted octanol–water partition coefficient (Wildman–Crippen LogP) is 2.76. The number of fused-ring (bicyclic) bond motifs is 1. The molecule has 3 fully saturated rings. The van der Waals surface area contributed by atoms with Gasteiger partial charge in [0.2, 0.25) is 6.29 Å². The number of phenolic OH excluding ortho intramolecular Hbond substituents is 1. The Bertz CT molecular complexity index is 1130. The van der Waals surface area contributed by atoms with Crippen molar-refractivity contribution in [2.24, 2.45) is 5.92 Å². The summed E-state index contributed by atoms with van der Waals surface area (Å²) in [6.45, 7) is -0.598. The highest BCUT2D eigenvalue weighted by molar-refractivity contribution is 6.09. The van der Waals surface area contributed by atoms with Crippen LogP contribution in [-0.4, -0.2) is 75.7 Å². The van der Waals surface area contributed by atoms with Gasteiger partial charge >= 0.3 is 0 Å². The molecule has 1 aliphatic heterocycles. The second kappa shape index (κ2) is 10.7. The molecule has 0 spiro atoms. The standard InChI is InChI=1S/C28H36O9/c1-35-17-10-16-11-18(14-6-2-3-7-14)22(23(30)15-8-4-5-9-15)25(32)21(16)19(12-17)36-28-27(34)26(33)24(31)20(13-29)37-28/h10-12,14-15,20,24,26-29,31-34H,2-9,13H2,1H3/t20-,24-,26+,27-,28+/m1/s1. The number of methoxy groups -OCH3 is 1. The minimum Gasteiger partial charge on any atom is -0.506 e. The first-order valence-electron chi connectivity index (χ1n) is 13.2. The van der Waals surface area contributed by atoms with E-state index in [0.717, 1.165) is 56.9 Å². The van der Waals surface area contributed by atoms with E-state index in [1.54, 1.807) is 6.07 Å². The molecule has 2 aromatic carbocycles. The molecule has 0 radical (unpaired) electrons. The van der Waals surface area contributed by atoms with Crippen molar-refractivity contribution in [3.8, 4) is 17.2 Å². The number of hydrogen-bond acceptors (Lipinski definition) is 9. The number of hydrogen-bond donors (Lipinski definition) is 5. The van der Waals surface area contributed by atoms with Gasteiger partial charge in [-0.15, -0.1) is 0 Å². The minimum atomic E-state index is -1.63. The Kier molecular flexibility index (Phi) is 7.60. The maximum absolute atomic E-state index is 13.7. The van der Waals surface area contributed by atoms with Crippen molar-refractivity contribution in [2.45, 2.75) is 88.0 Å². The van der Waals surface area contributed by atoms with E-state index in [-0.39, 0.29) is 34.5 Å². The number of carbonyl (C=O) groups excluding carboxylic acids is 1. The molecule has 1 heterocycles. The normalized spacial score (nSPS) is 29.2. The molecule has 2 aromatic rings. The molecule has 37 heavy (non-hydrogen) atoms. The topological polar surface area (TPSA) is 146 Å². The van der Waals surface area contributed by atoms with Gasteiger partial charge in [-0.3, -0.25) is 4.79 Å². The smallest absolute Gasteiger partial charge is 0.229 e. The first-order valence-corrected chi connectivity index (χ1v) is 13.2. The Morgan fingerprint density at radius 2 is 1.65 bits per heavy atom. The average Bonchev–Trinajstić information content (AvgIpc) is 3.63. The average molecular weight is 517 g/mol. The van der Waals surface area contributed by atoms with Gasteiger partial charge in [-0.05, 0) is 54.7 Å². The molecule has 0 unspecified atom stereocenters. The zero-order chi connectivity index (χ0) is 26.3. The lowest BCUT2D eigenvalue weighted by molar-refractivity contribution is -0.277. The number of Topliss-reactive ketones (excluding diaryl/α,β-unsaturated/α-hetero) is 1. The van der Waals surface area contributed by atoms with Crippen LogP contribution in [0, 0.1) is 5.92 Å². The molecule has 0 bridgehead atoms. The molecule has 0 amide bonds. The lowest BCUT2D eigenvalue weighted by atomic mass is 9.84. The Balaban J connectivity index is 1.64. The molecule has 3 aliphatic rings. The molecule has 202 valence electrons. The van der Waals surface area contributed by atoms with Crippen LogP contribution in [0.4, 0.5) is 0 Å². The summed E-state index contributed by atoms with van der Waals surface area (Å²) in [7, 11) is 1.49. The molecular formula is C28H36O9. The fourth-order valence-corrected chi connectivity index (χ4v) is 6.19. The van der Waals surface area contributed by atoms with E-state index in [1.807, 2.05) is 6.07 Å². The molecule has 2 saturated carbocycles. The summed E-state index contributed by atoms with van der Waals surface area (Å²) < 4.78 is 17.0. The van der Waals surface area contributed by atoms with Gasteiger partial charge in [0.15, 0.2) is 5.78 Å². The van der Waals surface area contributed by atoms with Crippen LogP contribution in [-0.2, 0) is 4.74 Å². The van der Waals surface area contributed by atoms with Gasteiger partial charge in [0.25, 0.3) is 0 Å². The molecular weight excluding hydrogens is 480 g/mol. The summed E-state index contributed by atoms with van der Waals surface area (Å²) in [5, 5.41) is 53.0. The summed E-state index contributed by atoms with van der Waals surface area (Å²) in [4.78, 5) is 13.7. The second-order valence-corrected chi connectivity index (χ2v) is 10.6. The third kappa shape index (κ3) is 4.79. The third-order valence-electron chi connectivity index (χ3n) is 8.27. The zero-order valence-electron chi connectivity index (χ0n) is 21.0. The summed E-state index contributed by atoms with van der Waals surface area (Å²) in [5.41, 5.74) is 1.20. The van der Waals surface area contributed by atoms with Crippen LogP contribution < -0.4 is 9.47 Å². The van der Waals surface area contributed by atoms with E-state index in [2.05, 4.69) is 0 Å². The monoisotopic (exact) mass is 516 g/mol. The third-order valence-corrected chi connectivity index (χ3v) is 8.27. The summed E-state index contributed by atoms with van der Waals surface area (Å²) in [6.07, 6.45) is 0.271. The highest BCUT2D eigenvalue weighted by Gasteiger charge is 2.45. The number of aromatic hydroxyl groups is 1. The van der Waals surface area contributed by atoms with Gasteiger partial charge in [0.1, 0.15) is 41.7 Å². The van der Waals surface area contributed by atoms with Gasteiger partial charge in [-0.1, -0.05) is 25.7 Å². The van der Waals surface area contributed by atoms with Crippen molar-refractivity contribution >= 4 is 16.6 Å². The van der Waals surface area contributed by atoms with E-state index in [1.165, 1.54) is 13.2 Å². The van der Waals surface area contributed by atoms with Crippen LogP contribution in [0.25, 0.3) is 10.8 Å². The predicted molar refractivity (Wildman–Crippen MR) is 134 cm³/mol. The van der Waals surface area contributed by atoms with Crippen molar-refractivity contribution in [3.63, 3.8) is 0 Å². The second-order valence-electron chi connectivity index (χ2n) is 10.6. The number of aliphatic hydroxyl groups is 4. The fraction of sp³-hybridized carbons (Fsp3) is 0.607. The number of carbonyl (C=O) groups is 1. The number of benzene rings is 2. The van der Waals surface area contributed by atoms with Crippen LogP contribution in [0.5, 0.6) is 17.2 Å². The lowest BCUT2D eigenvalue weighted by Crippen LogP contribution is -2.60. The lowest BCUT2D eigenvalue weighted by Gasteiger charge is -2.39. The maximum Gasteiger partial charge on any atom is 0.229 e. The Hall–Kier alpha value is -2.43. The number of aliphatic hydroxyl groups excluding tert-OH is 4. The van der Waals surface area contributed by atoms with Crippen LogP contribution >= 0.6 is 0 Å². The summed E-state index contributed by atoms with van der Waals surface area (Å²) in [5.74, 6) is 0.355. The first kappa shape index (κ1) is 26.2. The van der Waals surface area contributed by atoms with Gasteiger partial charge in [-0.2, -0.15) is 0 Å². The van der Waals surface area contributed by atoms with E-state index >= 15 is 0 Å². The van der Waals surface area contributed by atoms with Crippen molar-refractivity contribution in [1.29, 1.82) is 0 Å². The molecule has 9 nitrogen and oxygen atoms in total. The molecule has 1 saturated heterocycles. The number of phenols is 1. The Morgan fingerprint density at radius 1 is 0.973 bits per heavy atom. The van der Waals surface area contributed by atoms with Crippen LogP contribution in [0.1, 0.15) is 73.2 Å². The van der Waals surface area contributed by atoms with Gasteiger partial charge < -0.3 is 39.7 Å². The Morgan fingerprint density at radius 3 is 2.30 bits per heavy atom. The quantitative estimate of drug-likeness (QED) is 0.351. The van der Waals surface area contributed by atoms with Crippen molar-refractivity contribution < 1.29 is 44.5 Å². The van der Waals surface area contributed by atoms with Gasteiger partial charge in [0, 0.05) is 12.0 Å². The maximum atomic E-state index is 13.7. The van der Waals surface area contributed by atoms with E-state index < -0.39 is 37.3 Å². The number of rotatable bonds is 7. The van der Waals surface area contributed by atoms with Crippen LogP contribution in [0.3, 0.4) is 0 Å². The molecule has 0 aromatic heterocycles. The molecule has 5 N–H and O–H groups in total. The summed E-state index contributed by atoms with van der Waals surface area (Å²) >= 11 is 0. The SMILES string of the molecule is COc1cc(O[C@H]2O[C@H](CO)[C@@H](O)[C@H](O)[C@H]2O)c2c(O)c(C(=O)C3CCCC3)c(C3CCCC3)cc2c1. The van der Waals surface area contributed by atoms with E-state index in [9.17, 15) is 30.3 Å². The Labute approximate surface area is 215 Å². The number of ether oxygens (including phenoxy) is 3. The minimum absolute atomic E-state index is 0.0478. The first-order chi connectivity index (χ1) is 17.8. The van der Waals surface area contributed by atoms with E-state index in [4.69, 9.17) is 14.2 Å². The highest BCUT2D eigenvalue weighted by Crippen LogP contribution is 2.47. The molecule has 9 heteroatoms. The highest BCUT2D eigenvalue weighted by atomic mass is 16.7. The van der Waals surface area contributed by atoms with Crippen LogP contribution in [0.15, 0.2) is 18.2 Å². The largest absolute Gasteiger partial charge is 0.506 e. The van der Waals surface area contributed by atoms with Crippen molar-refractivity contribution in [3.05, 3.63) is 29.3 Å². The van der Waals surface area contributed by atoms with Crippen molar-refractivity contribution in [2.75, 3.05) is 13.7 Å². The fourth-order valence-electron chi connectivity index (χ4n) is 6.19. The van der Waals surface area contributed by atoms with Crippen LogP contribution in [0.2, 0.25) is 0 Å². The summed E-state index contributed by atoms with van der Waals surface area (Å²) in [6, 6.07) is 5.22. The van der Waals surface area contributed by atoms with Crippen molar-refractivity contribution in [1.82, 2.24) is 0 Å². The molecule has 5 rings (SSSR count). The molecule has 2 aliphatic carbocycles. The van der Waals surface area contributed by atoms with E-state index in [0.29, 0.717) is 16.7 Å². The zero-order valence-corrected chi connectivity index (χ0v) is 21.0. The number of ketones is 1. The molecule has 5 atom stereocenters. The van der Waals surface area contributed by atoms with Gasteiger partial charge in [-0.25, -0.2) is 0 Å².